The number of ether oxygens (including phenoxy) is 2. The number of quaternary nitrogens is 1. The van der Waals surface area contributed by atoms with E-state index in [9.17, 15) is 14.7 Å². The van der Waals surface area contributed by atoms with Gasteiger partial charge in [0.1, 0.15) is 18.4 Å². The normalized spacial score (nSPS) is 33.0. The molecule has 0 amide bonds. The number of piperidine rings is 1. The van der Waals surface area contributed by atoms with Crippen LogP contribution in [0.15, 0.2) is 18.2 Å². The zero-order chi connectivity index (χ0) is 21.5. The van der Waals surface area contributed by atoms with Crippen LogP contribution >= 0.6 is 0 Å². The van der Waals surface area contributed by atoms with Crippen LogP contribution in [0.5, 0.6) is 5.75 Å². The third-order valence-electron chi connectivity index (χ3n) is 7.67. The fourth-order valence-corrected chi connectivity index (χ4v) is 6.09. The molecule has 1 aliphatic heterocycles. The minimum Gasteiger partial charge on any atom is -0.508 e. The van der Waals surface area contributed by atoms with E-state index >= 15 is 0 Å². The summed E-state index contributed by atoms with van der Waals surface area (Å²) < 4.78 is 10.9. The lowest BCUT2D eigenvalue weighted by Gasteiger charge is -2.60. The van der Waals surface area contributed by atoms with Gasteiger partial charge in [0.25, 0.3) is 0 Å². The number of phenols is 1. The van der Waals surface area contributed by atoms with Crippen molar-refractivity contribution in [3.05, 3.63) is 29.3 Å². The molecular formula is C22H31N2O6+. The Labute approximate surface area is 176 Å². The number of fused-ring (bicyclic) bond motifs is 1. The number of nitrogens with zero attached hydrogens (tertiary/aromatic N) is 1. The van der Waals surface area contributed by atoms with Crippen molar-refractivity contribution < 1.29 is 33.8 Å². The molecule has 2 bridgehead atoms. The fraction of sp³-hybridized carbons (Fsp3) is 0.636. The van der Waals surface area contributed by atoms with Crippen LogP contribution in [-0.4, -0.2) is 65.8 Å². The molecule has 2 fully saturated rings. The first kappa shape index (κ1) is 20.9. The molecule has 1 heterocycles. The van der Waals surface area contributed by atoms with Gasteiger partial charge in [0.2, 0.25) is 6.73 Å². The van der Waals surface area contributed by atoms with Crippen LogP contribution < -0.4 is 5.73 Å². The number of nitrogens with two attached hydrogens (primary N) is 1. The summed E-state index contributed by atoms with van der Waals surface area (Å²) >= 11 is 0. The number of carboxylic acid groups (broad SMARTS) is 1. The monoisotopic (exact) mass is 419 g/mol. The van der Waals surface area contributed by atoms with Crippen LogP contribution in [0.1, 0.15) is 43.2 Å². The maximum atomic E-state index is 12.0. The lowest BCUT2D eigenvalue weighted by molar-refractivity contribution is -0.959. The highest BCUT2D eigenvalue weighted by Gasteiger charge is 2.59. The summed E-state index contributed by atoms with van der Waals surface area (Å²) in [6.07, 6.45) is 5.69. The number of hydrogen-bond donors (Lipinski definition) is 3. The van der Waals surface area contributed by atoms with Gasteiger partial charge in [-0.1, -0.05) is 18.9 Å². The second kappa shape index (κ2) is 7.74. The molecule has 1 saturated heterocycles. The van der Waals surface area contributed by atoms with E-state index in [1.54, 1.807) is 6.07 Å². The van der Waals surface area contributed by atoms with Crippen molar-refractivity contribution in [1.82, 2.24) is 0 Å². The molecule has 30 heavy (non-hydrogen) atoms. The molecule has 4 rings (SSSR count). The molecule has 1 saturated carbocycles. The maximum Gasteiger partial charge on any atom is 0.512 e. The summed E-state index contributed by atoms with van der Waals surface area (Å²) in [7, 11) is 2.13. The topological polar surface area (TPSA) is 119 Å². The standard InChI is InChI=1S/C22H30N2O6/c1-24(13-30-21(28)29-12-18(23)20(26)27)9-8-22-7-3-2-4-16(22)19(24)10-14-5-6-15(25)11-17(14)22/h5-6,11,16,18-19H,2-4,7-10,12-13,23H2,1H3,(H-,25,26,27)/p+1/t16-,18?,19+,22+,24?/m1/s1. The smallest absolute Gasteiger partial charge is 0.508 e. The number of aliphatic carboxylic acids is 1. The molecule has 2 aliphatic carbocycles. The van der Waals surface area contributed by atoms with E-state index in [1.807, 2.05) is 12.1 Å². The molecule has 4 N–H and O–H groups in total. The predicted octanol–water partition coefficient (Wildman–Crippen LogP) is 2.12. The second-order valence-corrected chi connectivity index (χ2v) is 9.35. The Hall–Kier alpha value is -2.32. The number of hydrogen-bond acceptors (Lipinski definition) is 6. The van der Waals surface area contributed by atoms with Gasteiger partial charge in [0.05, 0.1) is 19.6 Å². The molecule has 5 atom stereocenters. The fourth-order valence-electron chi connectivity index (χ4n) is 6.09. The average molecular weight is 419 g/mol. The molecule has 0 radical (unpaired) electrons. The molecule has 3 aliphatic rings. The SMILES string of the molecule is C[N+]1(COC(=O)OCC(N)C(=O)O)CC[C@@]23CCCC[C@@H]2[C@@H]1Cc1ccc(O)cc13. The van der Waals surface area contributed by atoms with Crippen molar-refractivity contribution in [2.75, 3.05) is 26.9 Å². The Morgan fingerprint density at radius 3 is 2.87 bits per heavy atom. The summed E-state index contributed by atoms with van der Waals surface area (Å²) in [6.45, 7) is 0.647. The van der Waals surface area contributed by atoms with Crippen molar-refractivity contribution in [2.45, 2.75) is 56.0 Å². The van der Waals surface area contributed by atoms with Crippen molar-refractivity contribution in [3.63, 3.8) is 0 Å². The average Bonchev–Trinajstić information content (AvgIpc) is 2.73. The van der Waals surface area contributed by atoms with E-state index in [1.165, 1.54) is 24.0 Å². The Bertz CT molecular complexity index is 845. The quantitative estimate of drug-likeness (QED) is 0.494. The minimum atomic E-state index is -1.26. The lowest BCUT2D eigenvalue weighted by Crippen LogP contribution is -2.69. The third-order valence-corrected chi connectivity index (χ3v) is 7.67. The Morgan fingerprint density at radius 2 is 2.10 bits per heavy atom. The molecule has 1 aromatic rings. The number of carbonyl (C=O) groups excluding carboxylic acids is 1. The summed E-state index contributed by atoms with van der Waals surface area (Å²) in [4.78, 5) is 22.8. The largest absolute Gasteiger partial charge is 0.512 e. The zero-order valence-corrected chi connectivity index (χ0v) is 17.4. The zero-order valence-electron chi connectivity index (χ0n) is 17.4. The number of likely N-dealkylation sites (tertiary alicyclic amines) is 1. The first-order valence-corrected chi connectivity index (χ1v) is 10.7. The summed E-state index contributed by atoms with van der Waals surface area (Å²) in [5.74, 6) is -0.405. The Balaban J connectivity index is 1.51. The van der Waals surface area contributed by atoms with Gasteiger partial charge in [-0.15, -0.1) is 0 Å². The van der Waals surface area contributed by atoms with Crippen molar-refractivity contribution in [3.8, 4) is 5.75 Å². The van der Waals surface area contributed by atoms with E-state index in [0.29, 0.717) is 22.2 Å². The van der Waals surface area contributed by atoms with Gasteiger partial charge < -0.3 is 25.4 Å². The van der Waals surface area contributed by atoms with Crippen molar-refractivity contribution in [2.24, 2.45) is 11.7 Å². The number of carboxylic acids is 1. The number of rotatable bonds is 5. The highest BCUT2D eigenvalue weighted by molar-refractivity contribution is 5.73. The van der Waals surface area contributed by atoms with Crippen LogP contribution in [0.4, 0.5) is 4.79 Å². The van der Waals surface area contributed by atoms with E-state index in [0.717, 1.165) is 32.2 Å². The highest BCUT2D eigenvalue weighted by Crippen LogP contribution is 2.57. The van der Waals surface area contributed by atoms with Gasteiger partial charge in [-0.2, -0.15) is 0 Å². The van der Waals surface area contributed by atoms with Crippen LogP contribution in [0.2, 0.25) is 0 Å². The van der Waals surface area contributed by atoms with Crippen molar-refractivity contribution >= 4 is 12.1 Å². The maximum absolute atomic E-state index is 12.0. The molecule has 8 heteroatoms. The number of aromatic hydroxyl groups is 1. The summed E-state index contributed by atoms with van der Waals surface area (Å²) in [5.41, 5.74) is 8.07. The Morgan fingerprint density at radius 1 is 1.30 bits per heavy atom. The van der Waals surface area contributed by atoms with Crippen LogP contribution in [0.25, 0.3) is 0 Å². The van der Waals surface area contributed by atoms with Crippen molar-refractivity contribution in [1.29, 1.82) is 0 Å². The van der Waals surface area contributed by atoms with Crippen LogP contribution in [0, 0.1) is 5.92 Å². The van der Waals surface area contributed by atoms with Crippen LogP contribution in [-0.2, 0) is 26.1 Å². The molecular weight excluding hydrogens is 388 g/mol. The predicted molar refractivity (Wildman–Crippen MR) is 108 cm³/mol. The highest BCUT2D eigenvalue weighted by atomic mass is 16.7. The van der Waals surface area contributed by atoms with E-state index in [4.69, 9.17) is 20.3 Å². The molecule has 8 nitrogen and oxygen atoms in total. The lowest BCUT2D eigenvalue weighted by atomic mass is 9.52. The number of carbonyl (C=O) groups is 2. The number of phenolic OH excluding ortho intramolecular Hbond substituents is 1. The molecule has 0 aromatic heterocycles. The number of benzene rings is 1. The van der Waals surface area contributed by atoms with Gasteiger partial charge in [0.15, 0.2) is 0 Å². The molecule has 164 valence electrons. The first-order valence-electron chi connectivity index (χ1n) is 10.7. The van der Waals surface area contributed by atoms with Gasteiger partial charge in [0, 0.05) is 24.2 Å². The Kier molecular flexibility index (Phi) is 5.40. The molecule has 2 unspecified atom stereocenters. The van der Waals surface area contributed by atoms with E-state index < -0.39 is 24.8 Å². The van der Waals surface area contributed by atoms with Gasteiger partial charge in [-0.25, -0.2) is 4.79 Å². The van der Waals surface area contributed by atoms with E-state index in [-0.39, 0.29) is 12.1 Å². The third kappa shape index (κ3) is 3.52. The van der Waals surface area contributed by atoms with E-state index in [2.05, 4.69) is 7.05 Å². The summed E-state index contributed by atoms with van der Waals surface area (Å²) in [5, 5.41) is 18.9. The second-order valence-electron chi connectivity index (χ2n) is 9.35. The molecule has 0 spiro atoms. The minimum absolute atomic E-state index is 0.0990. The van der Waals surface area contributed by atoms with Gasteiger partial charge in [-0.3, -0.25) is 9.28 Å². The summed E-state index contributed by atoms with van der Waals surface area (Å²) in [6, 6.07) is 4.84. The van der Waals surface area contributed by atoms with Gasteiger partial charge >= 0.3 is 12.1 Å². The number of likely N-dealkylation sites (N-methyl/N-ethyl adjacent to an activating group) is 1. The van der Waals surface area contributed by atoms with Crippen LogP contribution in [0.3, 0.4) is 0 Å². The van der Waals surface area contributed by atoms with Gasteiger partial charge in [-0.05, 0) is 36.1 Å². The molecule has 1 aromatic carbocycles. The first-order chi connectivity index (χ1) is 14.2.